The summed E-state index contributed by atoms with van der Waals surface area (Å²) in [6, 6.07) is 0. The second kappa shape index (κ2) is 3.81. The number of ether oxygens (including phenoxy) is 2. The van der Waals surface area contributed by atoms with E-state index in [1.807, 2.05) is 0 Å². The molecule has 0 fully saturated rings. The zero-order valence-electron chi connectivity index (χ0n) is 9.82. The highest BCUT2D eigenvalue weighted by Crippen LogP contribution is 2.37. The van der Waals surface area contributed by atoms with Crippen LogP contribution in [-0.4, -0.2) is 29.0 Å². The highest BCUT2D eigenvalue weighted by molar-refractivity contribution is 5.69. The van der Waals surface area contributed by atoms with E-state index in [1.165, 1.54) is 0 Å². The van der Waals surface area contributed by atoms with E-state index < -0.39 is 0 Å². The number of nitrogens with zero attached hydrogens (tertiary/aromatic N) is 2. The van der Waals surface area contributed by atoms with Crippen molar-refractivity contribution in [2.24, 2.45) is 0 Å². The molecule has 0 bridgehead atoms. The molecule has 1 aromatic rings. The summed E-state index contributed by atoms with van der Waals surface area (Å²) in [6.07, 6.45) is 1.66. The summed E-state index contributed by atoms with van der Waals surface area (Å²) in [5, 5.41) is 4.15. The first kappa shape index (κ1) is 11.0. The molecule has 0 N–H and O–H groups in total. The van der Waals surface area contributed by atoms with Gasteiger partial charge in [-0.25, -0.2) is 0 Å². The molecule has 1 aliphatic heterocycles. The molecule has 0 radical (unpaired) electrons. The fourth-order valence-electron chi connectivity index (χ4n) is 1.93. The summed E-state index contributed by atoms with van der Waals surface area (Å²) in [4.78, 5) is 11.4. The van der Waals surface area contributed by atoms with E-state index in [2.05, 4.69) is 18.9 Å². The molecule has 0 saturated heterocycles. The number of carbonyl (C=O) groups is 1. The topological polar surface area (TPSA) is 53.4 Å². The van der Waals surface area contributed by atoms with Crippen molar-refractivity contribution in [1.82, 2.24) is 9.78 Å². The normalized spacial score (nSPS) is 16.7. The zero-order valence-corrected chi connectivity index (χ0v) is 9.82. The minimum Gasteiger partial charge on any atom is -0.489 e. The Labute approximate surface area is 94.3 Å². The van der Waals surface area contributed by atoms with Gasteiger partial charge in [0.2, 0.25) is 0 Å². The second-order valence-electron chi connectivity index (χ2n) is 4.49. The Balaban J connectivity index is 2.21. The molecular weight excluding hydrogens is 208 g/mol. The first-order valence-electron chi connectivity index (χ1n) is 5.39. The van der Waals surface area contributed by atoms with Gasteiger partial charge < -0.3 is 9.47 Å². The molecule has 5 nitrogen and oxygen atoms in total. The molecule has 0 amide bonds. The van der Waals surface area contributed by atoms with Crippen molar-refractivity contribution in [1.29, 1.82) is 0 Å². The van der Waals surface area contributed by atoms with Crippen LogP contribution in [0.25, 0.3) is 0 Å². The van der Waals surface area contributed by atoms with E-state index in [0.29, 0.717) is 13.2 Å². The molecule has 0 aromatic carbocycles. The summed E-state index contributed by atoms with van der Waals surface area (Å²) in [6.45, 7) is 7.10. The van der Waals surface area contributed by atoms with Gasteiger partial charge in [0.05, 0.1) is 25.1 Å². The van der Waals surface area contributed by atoms with E-state index in [9.17, 15) is 4.79 Å². The molecular formula is C11H16N2O3. The van der Waals surface area contributed by atoms with E-state index in [-0.39, 0.29) is 17.9 Å². The Bertz CT molecular complexity index is 409. The fourth-order valence-corrected chi connectivity index (χ4v) is 1.93. The van der Waals surface area contributed by atoms with E-state index >= 15 is 0 Å². The van der Waals surface area contributed by atoms with Crippen molar-refractivity contribution >= 4 is 5.97 Å². The molecule has 0 atom stereocenters. The van der Waals surface area contributed by atoms with Crippen molar-refractivity contribution in [3.05, 3.63) is 11.9 Å². The fraction of sp³-hybridized carbons (Fsp3) is 0.636. The van der Waals surface area contributed by atoms with Gasteiger partial charge in [0.1, 0.15) is 6.54 Å². The van der Waals surface area contributed by atoms with Gasteiger partial charge in [-0.1, -0.05) is 13.8 Å². The van der Waals surface area contributed by atoms with Crippen LogP contribution < -0.4 is 4.74 Å². The Morgan fingerprint density at radius 3 is 3.12 bits per heavy atom. The van der Waals surface area contributed by atoms with Crippen molar-refractivity contribution in [2.75, 3.05) is 13.2 Å². The number of esters is 1. The summed E-state index contributed by atoms with van der Waals surface area (Å²) in [7, 11) is 0. The third kappa shape index (κ3) is 1.77. The van der Waals surface area contributed by atoms with Gasteiger partial charge in [0.15, 0.2) is 5.75 Å². The number of aromatic nitrogens is 2. The Morgan fingerprint density at radius 2 is 2.44 bits per heavy atom. The standard InChI is InChI=1S/C11H16N2O3/c1-4-15-9(14)6-13-10-8(5-12-13)16-7-11(10,2)3/h5H,4,6-7H2,1-3H3. The van der Waals surface area contributed by atoms with Crippen LogP contribution in [0.2, 0.25) is 0 Å². The maximum absolute atomic E-state index is 11.4. The monoisotopic (exact) mass is 224 g/mol. The first-order chi connectivity index (χ1) is 7.54. The second-order valence-corrected chi connectivity index (χ2v) is 4.49. The van der Waals surface area contributed by atoms with Crippen molar-refractivity contribution in [3.63, 3.8) is 0 Å². The molecule has 0 aliphatic carbocycles. The molecule has 0 spiro atoms. The van der Waals surface area contributed by atoms with Crippen LogP contribution in [0, 0.1) is 0 Å². The Kier molecular flexibility index (Phi) is 2.61. The van der Waals surface area contributed by atoms with Crippen LogP contribution in [0.3, 0.4) is 0 Å². The molecule has 5 heteroatoms. The lowest BCUT2D eigenvalue weighted by Gasteiger charge is -2.17. The molecule has 1 aromatic heterocycles. The van der Waals surface area contributed by atoms with Gasteiger partial charge in [-0.05, 0) is 6.92 Å². The van der Waals surface area contributed by atoms with Crippen LogP contribution in [0.1, 0.15) is 26.5 Å². The lowest BCUT2D eigenvalue weighted by Crippen LogP contribution is -2.26. The largest absolute Gasteiger partial charge is 0.489 e. The average molecular weight is 224 g/mol. The molecule has 88 valence electrons. The third-order valence-corrected chi connectivity index (χ3v) is 2.62. The van der Waals surface area contributed by atoms with Crippen molar-refractivity contribution < 1.29 is 14.3 Å². The summed E-state index contributed by atoms with van der Waals surface area (Å²) >= 11 is 0. The van der Waals surface area contributed by atoms with E-state index in [1.54, 1.807) is 17.8 Å². The molecule has 2 heterocycles. The van der Waals surface area contributed by atoms with Gasteiger partial charge in [-0.3, -0.25) is 9.48 Å². The smallest absolute Gasteiger partial charge is 0.327 e. The van der Waals surface area contributed by atoms with E-state index in [4.69, 9.17) is 9.47 Å². The minimum absolute atomic E-state index is 0.0989. The van der Waals surface area contributed by atoms with Gasteiger partial charge in [0, 0.05) is 5.41 Å². The van der Waals surface area contributed by atoms with Gasteiger partial charge in [0.25, 0.3) is 0 Å². The summed E-state index contributed by atoms with van der Waals surface area (Å²) in [5.41, 5.74) is 0.874. The maximum atomic E-state index is 11.4. The van der Waals surface area contributed by atoms with Crippen LogP contribution >= 0.6 is 0 Å². The molecule has 0 saturated carbocycles. The Morgan fingerprint density at radius 1 is 1.69 bits per heavy atom. The predicted octanol–water partition coefficient (Wildman–Crippen LogP) is 1.12. The predicted molar refractivity (Wildman–Crippen MR) is 57.4 cm³/mol. The number of hydrogen-bond acceptors (Lipinski definition) is 4. The van der Waals surface area contributed by atoms with Gasteiger partial charge >= 0.3 is 5.97 Å². The number of rotatable bonds is 3. The first-order valence-corrected chi connectivity index (χ1v) is 5.39. The van der Waals surface area contributed by atoms with Crippen LogP contribution in [-0.2, 0) is 21.5 Å². The lowest BCUT2D eigenvalue weighted by molar-refractivity contribution is -0.144. The maximum Gasteiger partial charge on any atom is 0.327 e. The van der Waals surface area contributed by atoms with Gasteiger partial charge in [-0.2, -0.15) is 5.10 Å². The SMILES string of the molecule is CCOC(=O)Cn1ncc2c1C(C)(C)CO2. The molecule has 1 aliphatic rings. The summed E-state index contributed by atoms with van der Waals surface area (Å²) in [5.74, 6) is 0.505. The summed E-state index contributed by atoms with van der Waals surface area (Å²) < 4.78 is 12.1. The van der Waals surface area contributed by atoms with Crippen LogP contribution in [0.15, 0.2) is 6.20 Å². The van der Waals surface area contributed by atoms with Crippen molar-refractivity contribution in [3.8, 4) is 5.75 Å². The highest BCUT2D eigenvalue weighted by Gasteiger charge is 2.36. The number of carbonyl (C=O) groups excluding carboxylic acids is 1. The zero-order chi connectivity index (χ0) is 11.8. The quantitative estimate of drug-likeness (QED) is 0.722. The average Bonchev–Trinajstić information content (AvgIpc) is 2.71. The van der Waals surface area contributed by atoms with E-state index in [0.717, 1.165) is 11.4 Å². The molecule has 0 unspecified atom stereocenters. The Hall–Kier alpha value is -1.52. The van der Waals surface area contributed by atoms with Gasteiger partial charge in [-0.15, -0.1) is 0 Å². The number of hydrogen-bond donors (Lipinski definition) is 0. The molecule has 16 heavy (non-hydrogen) atoms. The molecule has 2 rings (SSSR count). The van der Waals surface area contributed by atoms with Crippen molar-refractivity contribution in [2.45, 2.75) is 32.7 Å². The van der Waals surface area contributed by atoms with Crippen LogP contribution in [0.4, 0.5) is 0 Å². The highest BCUT2D eigenvalue weighted by atomic mass is 16.5. The van der Waals surface area contributed by atoms with Crippen LogP contribution in [0.5, 0.6) is 5.75 Å². The third-order valence-electron chi connectivity index (χ3n) is 2.62. The lowest BCUT2D eigenvalue weighted by atomic mass is 9.92. The number of fused-ring (bicyclic) bond motifs is 1. The minimum atomic E-state index is -0.267.